The van der Waals surface area contributed by atoms with Crippen molar-refractivity contribution in [2.45, 2.75) is 26.2 Å². The molecule has 0 fully saturated rings. The van der Waals surface area contributed by atoms with Crippen LogP contribution in [0.1, 0.15) is 31.9 Å². The number of hydrogen-bond acceptors (Lipinski definition) is 1. The van der Waals surface area contributed by atoms with Crippen molar-refractivity contribution in [1.29, 1.82) is 0 Å². The van der Waals surface area contributed by atoms with E-state index in [0.29, 0.717) is 5.88 Å². The predicted molar refractivity (Wildman–Crippen MR) is 114 cm³/mol. The maximum atomic E-state index is 5.90. The molecule has 2 nitrogen and oxygen atoms in total. The molecule has 1 aliphatic rings. The fourth-order valence-corrected chi connectivity index (χ4v) is 4.05. The zero-order valence-corrected chi connectivity index (χ0v) is 16.9. The molecule has 136 valence electrons. The van der Waals surface area contributed by atoms with Gasteiger partial charge in [0.2, 0.25) is 5.69 Å². The van der Waals surface area contributed by atoms with Gasteiger partial charge in [0.15, 0.2) is 5.71 Å². The first-order valence-electron chi connectivity index (χ1n) is 9.28. The molecule has 0 radical (unpaired) electrons. The molecule has 0 saturated carbocycles. The van der Waals surface area contributed by atoms with Crippen LogP contribution < -0.4 is 4.90 Å². The Morgan fingerprint density at radius 2 is 1.73 bits per heavy atom. The largest absolute Gasteiger partial charge is 0.371 e. The number of halogens is 1. The minimum Gasteiger partial charge on any atom is -0.371 e. The number of anilines is 1. The fourth-order valence-electron chi connectivity index (χ4n) is 3.84. The number of para-hydroxylation sites is 1. The summed E-state index contributed by atoms with van der Waals surface area (Å²) in [5, 5.41) is 0. The summed E-state index contributed by atoms with van der Waals surface area (Å²) < 4.78 is 2.31. The molecule has 3 rings (SSSR count). The lowest BCUT2D eigenvalue weighted by Gasteiger charge is -2.21. The van der Waals surface area contributed by atoms with Gasteiger partial charge in [-0.3, -0.25) is 0 Å². The van der Waals surface area contributed by atoms with Crippen LogP contribution in [0.4, 0.5) is 11.4 Å². The summed E-state index contributed by atoms with van der Waals surface area (Å²) in [5.74, 6) is 0.649. The third-order valence-corrected chi connectivity index (χ3v) is 5.54. The number of fused-ring (bicyclic) bond motifs is 1. The van der Waals surface area contributed by atoms with Crippen molar-refractivity contribution in [2.24, 2.45) is 0 Å². The quantitative estimate of drug-likeness (QED) is 0.484. The molecule has 0 spiro atoms. The van der Waals surface area contributed by atoms with Crippen LogP contribution in [0.3, 0.4) is 0 Å². The van der Waals surface area contributed by atoms with Gasteiger partial charge in [0, 0.05) is 42.4 Å². The highest BCUT2D eigenvalue weighted by atomic mass is 35.5. The third-order valence-electron chi connectivity index (χ3n) is 5.37. The van der Waals surface area contributed by atoms with E-state index in [4.69, 9.17) is 11.6 Å². The molecule has 1 heterocycles. The molecule has 26 heavy (non-hydrogen) atoms. The van der Waals surface area contributed by atoms with Crippen LogP contribution in [0.5, 0.6) is 0 Å². The zero-order chi connectivity index (χ0) is 18.7. The first-order chi connectivity index (χ1) is 12.5. The van der Waals surface area contributed by atoms with Gasteiger partial charge in [0.05, 0.1) is 5.41 Å². The van der Waals surface area contributed by atoms with Crippen molar-refractivity contribution < 1.29 is 4.58 Å². The summed E-state index contributed by atoms with van der Waals surface area (Å²) in [4.78, 5) is 2.29. The Balaban J connectivity index is 1.83. The first-order valence-corrected chi connectivity index (χ1v) is 9.82. The number of hydrogen-bond donors (Lipinski definition) is 0. The number of nitrogens with zero attached hydrogens (tertiary/aromatic N) is 2. The molecule has 0 aromatic heterocycles. The first kappa shape index (κ1) is 18.7. The van der Waals surface area contributed by atoms with Gasteiger partial charge in [0.1, 0.15) is 7.05 Å². The van der Waals surface area contributed by atoms with E-state index < -0.39 is 0 Å². The second kappa shape index (κ2) is 7.67. The monoisotopic (exact) mass is 367 g/mol. The topological polar surface area (TPSA) is 6.25 Å². The molecule has 0 amide bonds. The molecule has 0 N–H and O–H groups in total. The van der Waals surface area contributed by atoms with Crippen molar-refractivity contribution in [3.05, 3.63) is 65.7 Å². The second-order valence-electron chi connectivity index (χ2n) is 7.28. The lowest BCUT2D eigenvalue weighted by Crippen LogP contribution is -2.26. The average Bonchev–Trinajstić information content (AvgIpc) is 2.85. The maximum Gasteiger partial charge on any atom is 0.209 e. The highest BCUT2D eigenvalue weighted by molar-refractivity contribution is 6.18. The van der Waals surface area contributed by atoms with Gasteiger partial charge in [-0.25, -0.2) is 0 Å². The molecule has 2 aromatic rings. The molecule has 3 heteroatoms. The summed E-state index contributed by atoms with van der Waals surface area (Å²) in [5.41, 5.74) is 6.46. The van der Waals surface area contributed by atoms with Crippen molar-refractivity contribution in [2.75, 3.05) is 30.9 Å². The number of benzene rings is 2. The molecule has 0 unspecified atom stereocenters. The maximum absolute atomic E-state index is 5.90. The molecular formula is C23H28ClN2+. The van der Waals surface area contributed by atoms with E-state index in [1.807, 2.05) is 0 Å². The van der Waals surface area contributed by atoms with Gasteiger partial charge < -0.3 is 4.90 Å². The lowest BCUT2D eigenvalue weighted by atomic mass is 9.81. The molecule has 1 aliphatic heterocycles. The Hall–Kier alpha value is -2.06. The summed E-state index contributed by atoms with van der Waals surface area (Å²) >= 11 is 5.90. The van der Waals surface area contributed by atoms with E-state index in [2.05, 4.69) is 98.0 Å². The fraction of sp³-hybridized carbons (Fsp3) is 0.348. The molecule has 0 bridgehead atoms. The van der Waals surface area contributed by atoms with E-state index in [1.54, 1.807) is 0 Å². The van der Waals surface area contributed by atoms with Gasteiger partial charge in [-0.1, -0.05) is 30.3 Å². The van der Waals surface area contributed by atoms with Crippen LogP contribution in [0.2, 0.25) is 0 Å². The van der Waals surface area contributed by atoms with Crippen LogP contribution in [-0.2, 0) is 5.41 Å². The Kier molecular flexibility index (Phi) is 5.52. The van der Waals surface area contributed by atoms with Crippen molar-refractivity contribution >= 4 is 34.8 Å². The summed E-state index contributed by atoms with van der Waals surface area (Å²) in [6.45, 7) is 8.60. The van der Waals surface area contributed by atoms with Gasteiger partial charge in [0.25, 0.3) is 0 Å². The molecule has 0 atom stereocenters. The molecule has 2 aromatic carbocycles. The van der Waals surface area contributed by atoms with Gasteiger partial charge >= 0.3 is 0 Å². The Morgan fingerprint density at radius 3 is 2.35 bits per heavy atom. The van der Waals surface area contributed by atoms with E-state index in [0.717, 1.165) is 13.1 Å². The lowest BCUT2D eigenvalue weighted by molar-refractivity contribution is -0.401. The Bertz CT molecular complexity index is 832. The number of rotatable bonds is 6. The van der Waals surface area contributed by atoms with Crippen LogP contribution >= 0.6 is 11.6 Å². The van der Waals surface area contributed by atoms with E-state index >= 15 is 0 Å². The summed E-state index contributed by atoms with van der Waals surface area (Å²) in [6, 6.07) is 17.4. The zero-order valence-electron chi connectivity index (χ0n) is 16.2. The van der Waals surface area contributed by atoms with Crippen LogP contribution in [0, 0.1) is 0 Å². The van der Waals surface area contributed by atoms with Gasteiger partial charge in [-0.15, -0.1) is 11.6 Å². The summed E-state index contributed by atoms with van der Waals surface area (Å²) in [6.07, 6.45) is 4.46. The van der Waals surface area contributed by atoms with Crippen LogP contribution in [-0.4, -0.2) is 36.3 Å². The van der Waals surface area contributed by atoms with Crippen LogP contribution in [0.25, 0.3) is 6.08 Å². The van der Waals surface area contributed by atoms with Crippen LogP contribution in [0.15, 0.2) is 54.6 Å². The predicted octanol–water partition coefficient (Wildman–Crippen LogP) is 5.47. The standard InChI is InChI=1S/C23H28ClN2/c1-5-26(17-16-24)19-13-10-18(11-14-19)12-15-22-23(2,3)20-8-6-7-9-21(20)25(22)4/h6-15H,5,16-17H2,1-4H3/q+1. The number of allylic oxidation sites excluding steroid dienone is 1. The molecule has 0 aliphatic carbocycles. The second-order valence-corrected chi connectivity index (χ2v) is 7.66. The Morgan fingerprint density at radius 1 is 1.04 bits per heavy atom. The third kappa shape index (κ3) is 3.43. The van der Waals surface area contributed by atoms with E-state index in [1.165, 1.54) is 28.2 Å². The van der Waals surface area contributed by atoms with Crippen molar-refractivity contribution in [3.8, 4) is 0 Å². The highest BCUT2D eigenvalue weighted by Crippen LogP contribution is 2.39. The van der Waals surface area contributed by atoms with E-state index in [9.17, 15) is 0 Å². The minimum absolute atomic E-state index is 0.0150. The highest BCUT2D eigenvalue weighted by Gasteiger charge is 2.42. The average molecular weight is 368 g/mol. The van der Waals surface area contributed by atoms with Crippen molar-refractivity contribution in [1.82, 2.24) is 0 Å². The summed E-state index contributed by atoms with van der Waals surface area (Å²) in [7, 11) is 2.15. The smallest absolute Gasteiger partial charge is 0.209 e. The Labute approximate surface area is 162 Å². The molecular weight excluding hydrogens is 340 g/mol. The SMILES string of the molecule is CCN(CCCl)c1ccc(/C=C/C2=[N+](C)c3ccccc3C2(C)C)cc1. The van der Waals surface area contributed by atoms with Gasteiger partial charge in [-0.2, -0.15) is 4.58 Å². The number of alkyl halides is 1. The van der Waals surface area contributed by atoms with Gasteiger partial charge in [-0.05, 0) is 44.5 Å². The normalized spacial score (nSPS) is 15.6. The van der Waals surface area contributed by atoms with Crippen molar-refractivity contribution in [3.63, 3.8) is 0 Å². The van der Waals surface area contributed by atoms with E-state index in [-0.39, 0.29) is 5.41 Å². The minimum atomic E-state index is 0.0150. The molecule has 0 saturated heterocycles.